The summed E-state index contributed by atoms with van der Waals surface area (Å²) >= 11 is 1.59. The Morgan fingerprint density at radius 2 is 2.20 bits per heavy atom. The zero-order valence-corrected chi connectivity index (χ0v) is 8.83. The van der Waals surface area contributed by atoms with E-state index in [0.29, 0.717) is 13.1 Å². The molecule has 0 spiro atoms. The fourth-order valence-corrected chi connectivity index (χ4v) is 1.63. The van der Waals surface area contributed by atoms with Gasteiger partial charge in [-0.15, -0.1) is 0 Å². The zero-order valence-electron chi connectivity index (χ0n) is 8.01. The third kappa shape index (κ3) is 6.48. The van der Waals surface area contributed by atoms with Gasteiger partial charge in [0.05, 0.1) is 6.61 Å². The van der Waals surface area contributed by atoms with Gasteiger partial charge in [0.2, 0.25) is 0 Å². The van der Waals surface area contributed by atoms with Gasteiger partial charge >= 0.3 is 6.18 Å². The van der Waals surface area contributed by atoms with E-state index >= 15 is 0 Å². The second kappa shape index (κ2) is 6.09. The van der Waals surface area contributed by atoms with Gasteiger partial charge in [-0.2, -0.15) is 24.5 Å². The van der Waals surface area contributed by atoms with E-state index in [-0.39, 0.29) is 6.61 Å². The molecule has 1 aromatic heterocycles. The van der Waals surface area contributed by atoms with E-state index in [0.717, 1.165) is 5.56 Å². The lowest BCUT2D eigenvalue weighted by atomic mass is 10.3. The number of thiophene rings is 1. The molecule has 0 amide bonds. The fraction of sp³-hybridized carbons (Fsp3) is 0.556. The number of rotatable bonds is 6. The standard InChI is InChI=1S/C9H12F3NOS/c10-9(11,12)7-14-3-2-13-5-8-1-4-15-6-8/h1,4,6,13H,2-3,5,7H2. The Bertz CT molecular complexity index is 261. The van der Waals surface area contributed by atoms with Crippen LogP contribution >= 0.6 is 11.3 Å². The minimum Gasteiger partial charge on any atom is -0.371 e. The molecule has 6 heteroatoms. The van der Waals surface area contributed by atoms with E-state index in [9.17, 15) is 13.2 Å². The molecular weight excluding hydrogens is 227 g/mol. The normalized spacial score (nSPS) is 11.9. The minimum atomic E-state index is -4.23. The third-order valence-corrected chi connectivity index (χ3v) is 2.33. The molecule has 0 saturated heterocycles. The van der Waals surface area contributed by atoms with E-state index < -0.39 is 12.8 Å². The highest BCUT2D eigenvalue weighted by Crippen LogP contribution is 2.13. The molecule has 1 rings (SSSR count). The lowest BCUT2D eigenvalue weighted by Gasteiger charge is -2.07. The van der Waals surface area contributed by atoms with Gasteiger partial charge in [-0.05, 0) is 22.4 Å². The first-order chi connectivity index (χ1) is 7.08. The molecule has 0 aliphatic carbocycles. The van der Waals surface area contributed by atoms with Gasteiger partial charge in [0.15, 0.2) is 0 Å². The molecule has 0 radical (unpaired) electrons. The van der Waals surface area contributed by atoms with Gasteiger partial charge < -0.3 is 10.1 Å². The van der Waals surface area contributed by atoms with E-state index in [1.54, 1.807) is 11.3 Å². The van der Waals surface area contributed by atoms with Gasteiger partial charge in [-0.25, -0.2) is 0 Å². The van der Waals surface area contributed by atoms with Crippen molar-refractivity contribution < 1.29 is 17.9 Å². The molecule has 0 fully saturated rings. The first-order valence-electron chi connectivity index (χ1n) is 4.44. The molecule has 0 unspecified atom stereocenters. The van der Waals surface area contributed by atoms with Crippen LogP contribution in [0.2, 0.25) is 0 Å². The van der Waals surface area contributed by atoms with Crippen molar-refractivity contribution in [3.8, 4) is 0 Å². The molecule has 86 valence electrons. The van der Waals surface area contributed by atoms with Gasteiger partial charge in [-0.3, -0.25) is 0 Å². The minimum absolute atomic E-state index is 0.0731. The monoisotopic (exact) mass is 239 g/mol. The Morgan fingerprint density at radius 1 is 1.40 bits per heavy atom. The quantitative estimate of drug-likeness (QED) is 0.770. The van der Waals surface area contributed by atoms with Gasteiger partial charge in [0, 0.05) is 13.1 Å². The van der Waals surface area contributed by atoms with E-state index in [2.05, 4.69) is 10.1 Å². The Hall–Kier alpha value is -0.590. The predicted molar refractivity (Wildman–Crippen MR) is 52.9 cm³/mol. The van der Waals surface area contributed by atoms with Crippen LogP contribution in [-0.4, -0.2) is 25.9 Å². The maximum absolute atomic E-state index is 11.6. The topological polar surface area (TPSA) is 21.3 Å². The largest absolute Gasteiger partial charge is 0.411 e. The highest BCUT2D eigenvalue weighted by Gasteiger charge is 2.27. The van der Waals surface area contributed by atoms with Crippen LogP contribution < -0.4 is 5.32 Å². The fourth-order valence-electron chi connectivity index (χ4n) is 0.958. The molecule has 15 heavy (non-hydrogen) atoms. The lowest BCUT2D eigenvalue weighted by molar-refractivity contribution is -0.173. The highest BCUT2D eigenvalue weighted by molar-refractivity contribution is 7.07. The molecule has 1 N–H and O–H groups in total. The molecule has 1 heterocycles. The summed E-state index contributed by atoms with van der Waals surface area (Å²) in [4.78, 5) is 0. The van der Waals surface area contributed by atoms with Crippen LogP contribution in [0.25, 0.3) is 0 Å². The molecule has 0 atom stereocenters. The summed E-state index contributed by atoms with van der Waals surface area (Å²) < 4.78 is 39.4. The average Bonchev–Trinajstić information content (AvgIpc) is 2.61. The molecule has 1 aromatic rings. The maximum Gasteiger partial charge on any atom is 0.411 e. The smallest absolute Gasteiger partial charge is 0.371 e. The highest BCUT2D eigenvalue weighted by atomic mass is 32.1. The Balaban J connectivity index is 1.94. The molecular formula is C9H12F3NOS. The SMILES string of the molecule is FC(F)(F)COCCNCc1ccsc1. The van der Waals surface area contributed by atoms with Crippen molar-refractivity contribution in [1.29, 1.82) is 0 Å². The first-order valence-corrected chi connectivity index (χ1v) is 5.38. The number of alkyl halides is 3. The number of nitrogens with one attached hydrogen (secondary N) is 1. The number of hydrogen-bond donors (Lipinski definition) is 1. The number of halogens is 3. The summed E-state index contributed by atoms with van der Waals surface area (Å²) in [6.07, 6.45) is -4.23. The first kappa shape index (κ1) is 12.5. The predicted octanol–water partition coefficient (Wildman–Crippen LogP) is 2.42. The van der Waals surface area contributed by atoms with Crippen molar-refractivity contribution in [2.24, 2.45) is 0 Å². The van der Waals surface area contributed by atoms with Crippen molar-refractivity contribution in [2.45, 2.75) is 12.7 Å². The van der Waals surface area contributed by atoms with Crippen molar-refractivity contribution in [3.63, 3.8) is 0 Å². The van der Waals surface area contributed by atoms with Gasteiger partial charge in [-0.1, -0.05) is 0 Å². The van der Waals surface area contributed by atoms with Crippen molar-refractivity contribution in [3.05, 3.63) is 22.4 Å². The van der Waals surface area contributed by atoms with E-state index in [4.69, 9.17) is 0 Å². The van der Waals surface area contributed by atoms with Gasteiger partial charge in [0.1, 0.15) is 6.61 Å². The molecule has 0 aliphatic rings. The van der Waals surface area contributed by atoms with Crippen molar-refractivity contribution in [1.82, 2.24) is 5.32 Å². The summed E-state index contributed by atoms with van der Waals surface area (Å²) in [7, 11) is 0. The van der Waals surface area contributed by atoms with E-state index in [1.165, 1.54) is 0 Å². The van der Waals surface area contributed by atoms with Crippen LogP contribution in [-0.2, 0) is 11.3 Å². The third-order valence-electron chi connectivity index (χ3n) is 1.60. The molecule has 0 aliphatic heterocycles. The number of ether oxygens (including phenoxy) is 1. The summed E-state index contributed by atoms with van der Waals surface area (Å²) in [5.41, 5.74) is 1.14. The summed E-state index contributed by atoms with van der Waals surface area (Å²) in [5, 5.41) is 6.93. The van der Waals surface area contributed by atoms with Gasteiger partial charge in [0.25, 0.3) is 0 Å². The summed E-state index contributed by atoms with van der Waals surface area (Å²) in [6.45, 7) is -0.0123. The Kier molecular flexibility index (Phi) is 5.07. The second-order valence-corrected chi connectivity index (χ2v) is 3.76. The second-order valence-electron chi connectivity index (χ2n) is 2.98. The zero-order chi connectivity index (χ0) is 11.1. The summed E-state index contributed by atoms with van der Waals surface area (Å²) in [6, 6.07) is 1.97. The van der Waals surface area contributed by atoms with Crippen LogP contribution in [0.3, 0.4) is 0 Å². The molecule has 0 bridgehead atoms. The maximum atomic E-state index is 11.6. The Labute approximate surface area is 90.1 Å². The Morgan fingerprint density at radius 3 is 2.80 bits per heavy atom. The lowest BCUT2D eigenvalue weighted by Crippen LogP contribution is -2.23. The van der Waals surface area contributed by atoms with Crippen LogP contribution in [0.1, 0.15) is 5.56 Å². The van der Waals surface area contributed by atoms with Crippen LogP contribution in [0.15, 0.2) is 16.8 Å². The summed E-state index contributed by atoms with van der Waals surface area (Å²) in [5.74, 6) is 0. The molecule has 0 aromatic carbocycles. The molecule has 2 nitrogen and oxygen atoms in total. The van der Waals surface area contributed by atoms with Crippen molar-refractivity contribution >= 4 is 11.3 Å². The van der Waals surface area contributed by atoms with Crippen molar-refractivity contribution in [2.75, 3.05) is 19.8 Å². The van der Waals surface area contributed by atoms with Crippen LogP contribution in [0.5, 0.6) is 0 Å². The van der Waals surface area contributed by atoms with Crippen LogP contribution in [0.4, 0.5) is 13.2 Å². The van der Waals surface area contributed by atoms with Crippen LogP contribution in [0, 0.1) is 0 Å². The number of hydrogen-bond acceptors (Lipinski definition) is 3. The molecule has 0 saturated carbocycles. The average molecular weight is 239 g/mol. The van der Waals surface area contributed by atoms with E-state index in [1.807, 2.05) is 16.8 Å².